The maximum atomic E-state index is 12.4. The first kappa shape index (κ1) is 15.9. The first-order chi connectivity index (χ1) is 10.7. The van der Waals surface area contributed by atoms with Gasteiger partial charge in [-0.3, -0.25) is 4.79 Å². The van der Waals surface area contributed by atoms with Crippen molar-refractivity contribution in [1.82, 2.24) is 5.32 Å². The molecule has 0 atom stereocenters. The van der Waals surface area contributed by atoms with E-state index in [0.29, 0.717) is 23.6 Å². The molecule has 116 valence electrons. The van der Waals surface area contributed by atoms with Crippen LogP contribution in [-0.2, 0) is 13.0 Å². The number of methoxy groups -OCH3 is 2. The summed E-state index contributed by atoms with van der Waals surface area (Å²) in [6.07, 6.45) is 1.01. The molecule has 0 aliphatic heterocycles. The summed E-state index contributed by atoms with van der Waals surface area (Å²) < 4.78 is 10.5. The van der Waals surface area contributed by atoms with Crippen molar-refractivity contribution in [2.45, 2.75) is 19.9 Å². The van der Waals surface area contributed by atoms with Gasteiger partial charge in [-0.1, -0.05) is 37.3 Å². The Morgan fingerprint density at radius 1 is 0.955 bits per heavy atom. The fourth-order valence-electron chi connectivity index (χ4n) is 2.24. The summed E-state index contributed by atoms with van der Waals surface area (Å²) in [5, 5.41) is 2.90. The minimum Gasteiger partial charge on any atom is -0.496 e. The van der Waals surface area contributed by atoms with Crippen LogP contribution in [0.25, 0.3) is 0 Å². The van der Waals surface area contributed by atoms with Gasteiger partial charge in [0.25, 0.3) is 5.91 Å². The van der Waals surface area contributed by atoms with Crippen molar-refractivity contribution in [3.63, 3.8) is 0 Å². The lowest BCUT2D eigenvalue weighted by atomic mass is 10.1. The Morgan fingerprint density at radius 3 is 2.00 bits per heavy atom. The number of nitrogens with one attached hydrogen (secondary N) is 1. The highest BCUT2D eigenvalue weighted by Crippen LogP contribution is 2.28. The Balaban J connectivity index is 2.11. The van der Waals surface area contributed by atoms with Crippen LogP contribution in [0.3, 0.4) is 0 Å². The fraction of sp³-hybridized carbons (Fsp3) is 0.278. The molecule has 2 rings (SSSR count). The molecule has 4 nitrogen and oxygen atoms in total. The van der Waals surface area contributed by atoms with Crippen LogP contribution in [0, 0.1) is 0 Å². The highest BCUT2D eigenvalue weighted by Gasteiger charge is 2.17. The lowest BCUT2D eigenvalue weighted by molar-refractivity contribution is 0.0944. The second kappa shape index (κ2) is 7.50. The molecule has 0 saturated heterocycles. The van der Waals surface area contributed by atoms with Gasteiger partial charge in [0.2, 0.25) is 0 Å². The minimum absolute atomic E-state index is 0.214. The number of carbonyl (C=O) groups excluding carboxylic acids is 1. The van der Waals surface area contributed by atoms with Crippen LogP contribution in [0.1, 0.15) is 28.4 Å². The zero-order chi connectivity index (χ0) is 15.9. The summed E-state index contributed by atoms with van der Waals surface area (Å²) in [7, 11) is 3.07. The molecule has 0 fully saturated rings. The van der Waals surface area contributed by atoms with Crippen molar-refractivity contribution in [1.29, 1.82) is 0 Å². The van der Waals surface area contributed by atoms with Gasteiger partial charge in [-0.25, -0.2) is 0 Å². The topological polar surface area (TPSA) is 47.6 Å². The van der Waals surface area contributed by atoms with Gasteiger partial charge in [0, 0.05) is 6.54 Å². The van der Waals surface area contributed by atoms with Gasteiger partial charge in [-0.15, -0.1) is 0 Å². The van der Waals surface area contributed by atoms with Gasteiger partial charge in [0.05, 0.1) is 14.2 Å². The van der Waals surface area contributed by atoms with Crippen LogP contribution < -0.4 is 14.8 Å². The van der Waals surface area contributed by atoms with E-state index in [9.17, 15) is 4.79 Å². The Hall–Kier alpha value is -2.49. The first-order valence-corrected chi connectivity index (χ1v) is 7.26. The van der Waals surface area contributed by atoms with Gasteiger partial charge in [-0.05, 0) is 29.7 Å². The average molecular weight is 299 g/mol. The smallest absolute Gasteiger partial charge is 0.259 e. The second-order valence-corrected chi connectivity index (χ2v) is 4.89. The number of hydrogen-bond donors (Lipinski definition) is 1. The Labute approximate surface area is 131 Å². The summed E-state index contributed by atoms with van der Waals surface area (Å²) in [5.74, 6) is 0.783. The predicted octanol–water partition coefficient (Wildman–Crippen LogP) is 3.20. The molecule has 0 spiro atoms. The van der Waals surface area contributed by atoms with Crippen LogP contribution >= 0.6 is 0 Å². The predicted molar refractivity (Wildman–Crippen MR) is 86.5 cm³/mol. The Morgan fingerprint density at radius 2 is 1.50 bits per heavy atom. The highest BCUT2D eigenvalue weighted by atomic mass is 16.5. The fourth-order valence-corrected chi connectivity index (χ4v) is 2.24. The molecule has 1 N–H and O–H groups in total. The molecule has 0 saturated carbocycles. The van der Waals surface area contributed by atoms with Crippen LogP contribution in [0.5, 0.6) is 11.5 Å². The van der Waals surface area contributed by atoms with E-state index in [2.05, 4.69) is 24.4 Å². The van der Waals surface area contributed by atoms with Gasteiger partial charge < -0.3 is 14.8 Å². The van der Waals surface area contributed by atoms with Gasteiger partial charge in [0.15, 0.2) is 0 Å². The molecule has 0 aromatic heterocycles. The highest BCUT2D eigenvalue weighted by molar-refractivity contribution is 5.99. The van der Waals surface area contributed by atoms with Crippen molar-refractivity contribution < 1.29 is 14.3 Å². The molecule has 2 aromatic carbocycles. The number of aryl methyl sites for hydroxylation is 1. The summed E-state index contributed by atoms with van der Waals surface area (Å²) in [4.78, 5) is 12.4. The van der Waals surface area contributed by atoms with E-state index in [1.54, 1.807) is 18.2 Å². The standard InChI is InChI=1S/C18H21NO3/c1-4-13-8-10-14(11-9-13)12-19-18(20)17-15(21-2)6-5-7-16(17)22-3/h5-11H,4,12H2,1-3H3,(H,19,20). The molecule has 1 amide bonds. The van der Waals surface area contributed by atoms with E-state index in [-0.39, 0.29) is 5.91 Å². The maximum absolute atomic E-state index is 12.4. The molecule has 4 heteroatoms. The lowest BCUT2D eigenvalue weighted by Crippen LogP contribution is -2.24. The molecule has 2 aromatic rings. The molecular formula is C18H21NO3. The van der Waals surface area contributed by atoms with Gasteiger partial charge in [0.1, 0.15) is 17.1 Å². The van der Waals surface area contributed by atoms with Gasteiger partial charge >= 0.3 is 0 Å². The van der Waals surface area contributed by atoms with Crippen molar-refractivity contribution in [3.05, 3.63) is 59.2 Å². The maximum Gasteiger partial charge on any atom is 0.259 e. The molecule has 22 heavy (non-hydrogen) atoms. The second-order valence-electron chi connectivity index (χ2n) is 4.89. The van der Waals surface area contributed by atoms with E-state index in [1.807, 2.05) is 12.1 Å². The van der Waals surface area contributed by atoms with Crippen molar-refractivity contribution in [3.8, 4) is 11.5 Å². The van der Waals surface area contributed by atoms with Gasteiger partial charge in [-0.2, -0.15) is 0 Å². The quantitative estimate of drug-likeness (QED) is 0.891. The third-order valence-corrected chi connectivity index (χ3v) is 3.54. The van der Waals surface area contributed by atoms with Crippen LogP contribution in [-0.4, -0.2) is 20.1 Å². The summed E-state index contributed by atoms with van der Waals surface area (Å²) >= 11 is 0. The number of hydrogen-bond acceptors (Lipinski definition) is 3. The van der Waals surface area contributed by atoms with E-state index >= 15 is 0 Å². The average Bonchev–Trinajstić information content (AvgIpc) is 2.59. The number of carbonyl (C=O) groups is 1. The largest absolute Gasteiger partial charge is 0.496 e. The van der Waals surface area contributed by atoms with E-state index < -0.39 is 0 Å². The van der Waals surface area contributed by atoms with Crippen LogP contribution in [0.2, 0.25) is 0 Å². The lowest BCUT2D eigenvalue weighted by Gasteiger charge is -2.13. The molecule has 0 aliphatic carbocycles. The molecular weight excluding hydrogens is 278 g/mol. The number of ether oxygens (including phenoxy) is 2. The van der Waals surface area contributed by atoms with E-state index in [1.165, 1.54) is 19.8 Å². The van der Waals surface area contributed by atoms with Crippen LogP contribution in [0.4, 0.5) is 0 Å². The number of amides is 1. The Kier molecular flexibility index (Phi) is 5.42. The number of rotatable bonds is 6. The number of benzene rings is 2. The van der Waals surface area contributed by atoms with Crippen LogP contribution in [0.15, 0.2) is 42.5 Å². The van der Waals surface area contributed by atoms with E-state index in [0.717, 1.165) is 12.0 Å². The summed E-state index contributed by atoms with van der Waals surface area (Å²) in [5.41, 5.74) is 2.75. The SMILES string of the molecule is CCc1ccc(CNC(=O)c2c(OC)cccc2OC)cc1. The van der Waals surface area contributed by atoms with Crippen molar-refractivity contribution in [2.24, 2.45) is 0 Å². The normalized spacial score (nSPS) is 10.1. The summed E-state index contributed by atoms with van der Waals surface area (Å²) in [6, 6.07) is 13.5. The van der Waals surface area contributed by atoms with Crippen molar-refractivity contribution in [2.75, 3.05) is 14.2 Å². The summed E-state index contributed by atoms with van der Waals surface area (Å²) in [6.45, 7) is 2.58. The van der Waals surface area contributed by atoms with E-state index in [4.69, 9.17) is 9.47 Å². The first-order valence-electron chi connectivity index (χ1n) is 7.26. The zero-order valence-electron chi connectivity index (χ0n) is 13.2. The third-order valence-electron chi connectivity index (χ3n) is 3.54. The zero-order valence-corrected chi connectivity index (χ0v) is 13.2. The minimum atomic E-state index is -0.214. The Bertz CT molecular complexity index is 613. The molecule has 0 aliphatic rings. The molecule has 0 radical (unpaired) electrons. The third kappa shape index (κ3) is 3.58. The monoisotopic (exact) mass is 299 g/mol. The molecule has 0 bridgehead atoms. The molecule has 0 heterocycles. The van der Waals surface area contributed by atoms with Crippen molar-refractivity contribution >= 4 is 5.91 Å². The molecule has 0 unspecified atom stereocenters.